The maximum Gasteiger partial charge on any atom is 0.243 e. The minimum Gasteiger partial charge on any atom is -0.343 e. The van der Waals surface area contributed by atoms with Crippen molar-refractivity contribution in [1.29, 1.82) is 0 Å². The van der Waals surface area contributed by atoms with Gasteiger partial charge in [0.05, 0.1) is 4.90 Å². The summed E-state index contributed by atoms with van der Waals surface area (Å²) in [6.45, 7) is 2.99. The van der Waals surface area contributed by atoms with Crippen molar-refractivity contribution in [3.63, 3.8) is 0 Å². The van der Waals surface area contributed by atoms with Gasteiger partial charge in [0.2, 0.25) is 15.9 Å². The highest BCUT2D eigenvalue weighted by Gasteiger charge is 2.37. The van der Waals surface area contributed by atoms with E-state index in [9.17, 15) is 13.2 Å². The van der Waals surface area contributed by atoms with Crippen LogP contribution in [0.2, 0.25) is 0 Å². The average Bonchev–Trinajstić information content (AvgIpc) is 3.43. The molecule has 5 nitrogen and oxygen atoms in total. The molecule has 1 aliphatic heterocycles. The van der Waals surface area contributed by atoms with E-state index in [1.165, 1.54) is 24.0 Å². The first-order valence-corrected chi connectivity index (χ1v) is 11.7. The fourth-order valence-electron chi connectivity index (χ4n) is 4.58. The van der Waals surface area contributed by atoms with E-state index in [2.05, 4.69) is 6.92 Å². The van der Waals surface area contributed by atoms with Gasteiger partial charge in [-0.1, -0.05) is 6.07 Å². The second kappa shape index (κ2) is 7.21. The molecule has 0 N–H and O–H groups in total. The van der Waals surface area contributed by atoms with Crippen LogP contribution in [0.3, 0.4) is 0 Å². The van der Waals surface area contributed by atoms with Crippen molar-refractivity contribution >= 4 is 15.9 Å². The molecule has 3 aliphatic rings. The van der Waals surface area contributed by atoms with E-state index in [4.69, 9.17) is 0 Å². The van der Waals surface area contributed by atoms with Crippen LogP contribution in [0.25, 0.3) is 0 Å². The third-order valence-electron chi connectivity index (χ3n) is 6.77. The Kier molecular flexibility index (Phi) is 5.06. The Hall–Kier alpha value is -1.40. The monoisotopic (exact) mass is 390 g/mol. The predicted octanol–water partition coefficient (Wildman–Crippen LogP) is 2.83. The third-order valence-corrected chi connectivity index (χ3v) is 8.67. The fourth-order valence-corrected chi connectivity index (χ4v) is 6.11. The molecule has 0 bridgehead atoms. The Morgan fingerprint density at radius 2 is 1.78 bits per heavy atom. The molecular formula is C21H30N2O3S. The summed E-state index contributed by atoms with van der Waals surface area (Å²) < 4.78 is 27.6. The van der Waals surface area contributed by atoms with E-state index in [1.807, 2.05) is 24.1 Å². The maximum atomic E-state index is 13.0. The van der Waals surface area contributed by atoms with Crippen LogP contribution < -0.4 is 0 Å². The molecule has 1 aromatic rings. The molecule has 4 rings (SSSR count). The van der Waals surface area contributed by atoms with Gasteiger partial charge in [-0.25, -0.2) is 8.42 Å². The molecule has 1 unspecified atom stereocenters. The number of fused-ring (bicyclic) bond motifs is 1. The van der Waals surface area contributed by atoms with Crippen molar-refractivity contribution in [1.82, 2.24) is 9.21 Å². The molecule has 0 spiro atoms. The highest BCUT2D eigenvalue weighted by molar-refractivity contribution is 7.89. The molecule has 1 aromatic carbocycles. The van der Waals surface area contributed by atoms with Crippen molar-refractivity contribution in [2.75, 3.05) is 20.1 Å². The molecule has 1 saturated heterocycles. The number of sulfonamides is 1. The first-order valence-electron chi connectivity index (χ1n) is 10.3. The molecule has 1 amide bonds. The molecule has 148 valence electrons. The highest BCUT2D eigenvalue weighted by Crippen LogP contribution is 2.36. The third kappa shape index (κ3) is 3.66. The first-order chi connectivity index (χ1) is 12.9. The van der Waals surface area contributed by atoms with Gasteiger partial charge in [-0.2, -0.15) is 4.31 Å². The smallest absolute Gasteiger partial charge is 0.243 e. The normalized spacial score (nSPS) is 22.4. The van der Waals surface area contributed by atoms with E-state index in [0.717, 1.165) is 19.3 Å². The summed E-state index contributed by atoms with van der Waals surface area (Å²) >= 11 is 0. The minimum absolute atomic E-state index is 0.0531. The van der Waals surface area contributed by atoms with E-state index in [1.54, 1.807) is 10.4 Å². The molecule has 27 heavy (non-hydrogen) atoms. The van der Waals surface area contributed by atoms with Crippen molar-refractivity contribution in [2.24, 2.45) is 11.8 Å². The predicted molar refractivity (Wildman–Crippen MR) is 105 cm³/mol. The Morgan fingerprint density at radius 1 is 1.11 bits per heavy atom. The number of aryl methyl sites for hydroxylation is 2. The standard InChI is InChI=1S/C21H30N2O3S/c1-15(16-6-7-16)22(2)21(24)18-10-12-23(13-11-18)27(25,26)20-9-8-17-4-3-5-19(17)14-20/h8-9,14-16,18H,3-7,10-13H2,1-2H3. The largest absolute Gasteiger partial charge is 0.343 e. The molecule has 6 heteroatoms. The summed E-state index contributed by atoms with van der Waals surface area (Å²) in [6.07, 6.45) is 6.80. The number of hydrogen-bond acceptors (Lipinski definition) is 3. The van der Waals surface area contributed by atoms with Gasteiger partial charge in [0.25, 0.3) is 0 Å². The maximum absolute atomic E-state index is 13.0. The molecule has 0 aromatic heterocycles. The van der Waals surface area contributed by atoms with Gasteiger partial charge in [0.1, 0.15) is 0 Å². The molecule has 2 aliphatic carbocycles. The summed E-state index contributed by atoms with van der Waals surface area (Å²) in [4.78, 5) is 15.1. The van der Waals surface area contributed by atoms with Crippen LogP contribution in [-0.2, 0) is 27.7 Å². The molecule has 1 atom stereocenters. The number of benzene rings is 1. The summed E-state index contributed by atoms with van der Waals surface area (Å²) in [7, 11) is -1.56. The SMILES string of the molecule is CC(C1CC1)N(C)C(=O)C1CCN(S(=O)(=O)c2ccc3c(c2)CCC3)CC1. The molecular weight excluding hydrogens is 360 g/mol. The number of carbonyl (C=O) groups is 1. The van der Waals surface area contributed by atoms with Gasteiger partial charge in [0.15, 0.2) is 0 Å². The van der Waals surface area contributed by atoms with E-state index >= 15 is 0 Å². The molecule has 1 heterocycles. The molecule has 0 radical (unpaired) electrons. The van der Waals surface area contributed by atoms with Gasteiger partial charge >= 0.3 is 0 Å². The number of piperidine rings is 1. The van der Waals surface area contributed by atoms with Gasteiger partial charge in [-0.05, 0) is 81.0 Å². The van der Waals surface area contributed by atoms with E-state index in [-0.39, 0.29) is 11.8 Å². The van der Waals surface area contributed by atoms with E-state index in [0.29, 0.717) is 42.8 Å². The average molecular weight is 391 g/mol. The van der Waals surface area contributed by atoms with Crippen LogP contribution in [0.15, 0.2) is 23.1 Å². The van der Waals surface area contributed by atoms with Crippen LogP contribution in [0.1, 0.15) is 50.2 Å². The van der Waals surface area contributed by atoms with Gasteiger partial charge in [-0.3, -0.25) is 4.79 Å². The second-order valence-electron chi connectivity index (χ2n) is 8.49. The Balaban J connectivity index is 1.40. The highest BCUT2D eigenvalue weighted by atomic mass is 32.2. The number of nitrogens with zero attached hydrogens (tertiary/aromatic N) is 2. The lowest BCUT2D eigenvalue weighted by molar-refractivity contribution is -0.137. The number of hydrogen-bond donors (Lipinski definition) is 0. The zero-order valence-electron chi connectivity index (χ0n) is 16.4. The van der Waals surface area contributed by atoms with Crippen LogP contribution in [-0.4, -0.2) is 49.7 Å². The van der Waals surface area contributed by atoms with Crippen LogP contribution in [0, 0.1) is 11.8 Å². The van der Waals surface area contributed by atoms with Crippen molar-refractivity contribution < 1.29 is 13.2 Å². The van der Waals surface area contributed by atoms with E-state index < -0.39 is 10.0 Å². The summed E-state index contributed by atoms with van der Waals surface area (Å²) in [5, 5.41) is 0. The topological polar surface area (TPSA) is 57.7 Å². The van der Waals surface area contributed by atoms with Crippen LogP contribution >= 0.6 is 0 Å². The minimum atomic E-state index is -3.46. The zero-order chi connectivity index (χ0) is 19.2. The zero-order valence-corrected chi connectivity index (χ0v) is 17.2. The second-order valence-corrected chi connectivity index (χ2v) is 10.4. The number of rotatable bonds is 5. The summed E-state index contributed by atoms with van der Waals surface area (Å²) in [5.41, 5.74) is 2.46. The fraction of sp³-hybridized carbons (Fsp3) is 0.667. The summed E-state index contributed by atoms with van der Waals surface area (Å²) in [6, 6.07) is 5.88. The molecule has 1 saturated carbocycles. The summed E-state index contributed by atoms with van der Waals surface area (Å²) in [5.74, 6) is 0.783. The lowest BCUT2D eigenvalue weighted by atomic mass is 9.96. The first kappa shape index (κ1) is 18.9. The van der Waals surface area contributed by atoms with Crippen molar-refractivity contribution in [3.05, 3.63) is 29.3 Å². The number of amides is 1. The van der Waals surface area contributed by atoms with Crippen LogP contribution in [0.5, 0.6) is 0 Å². The lowest BCUT2D eigenvalue weighted by Crippen LogP contribution is -2.46. The van der Waals surface area contributed by atoms with Crippen molar-refractivity contribution in [3.8, 4) is 0 Å². The Morgan fingerprint density at radius 3 is 2.44 bits per heavy atom. The van der Waals surface area contributed by atoms with Gasteiger partial charge < -0.3 is 4.90 Å². The molecule has 2 fully saturated rings. The Labute approximate surface area is 162 Å². The quantitative estimate of drug-likeness (QED) is 0.777. The number of carbonyl (C=O) groups excluding carboxylic acids is 1. The van der Waals surface area contributed by atoms with Crippen molar-refractivity contribution in [2.45, 2.75) is 62.8 Å². The van der Waals surface area contributed by atoms with Gasteiger partial charge in [-0.15, -0.1) is 0 Å². The Bertz CT molecular complexity index is 824. The van der Waals surface area contributed by atoms with Gasteiger partial charge in [0, 0.05) is 32.1 Å². The lowest BCUT2D eigenvalue weighted by Gasteiger charge is -2.34. The van der Waals surface area contributed by atoms with Crippen LogP contribution in [0.4, 0.5) is 0 Å².